The first-order chi connectivity index (χ1) is 12.1. The van der Waals surface area contributed by atoms with Gasteiger partial charge in [0.15, 0.2) is 0 Å². The van der Waals surface area contributed by atoms with E-state index in [-0.39, 0.29) is 24.7 Å². The van der Waals surface area contributed by atoms with Crippen LogP contribution in [0.15, 0.2) is 30.3 Å². The minimum atomic E-state index is -0.325. The molecule has 1 aromatic carbocycles. The van der Waals surface area contributed by atoms with Crippen LogP contribution in [-0.2, 0) is 20.7 Å². The maximum atomic E-state index is 12.6. The van der Waals surface area contributed by atoms with Gasteiger partial charge in [-0.2, -0.15) is 0 Å². The van der Waals surface area contributed by atoms with Crippen molar-refractivity contribution < 1.29 is 14.3 Å². The van der Waals surface area contributed by atoms with E-state index in [0.717, 1.165) is 32.5 Å². The lowest BCUT2D eigenvalue weighted by molar-refractivity contribution is -0.143. The van der Waals surface area contributed by atoms with E-state index in [1.165, 1.54) is 19.1 Å². The third kappa shape index (κ3) is 6.86. The van der Waals surface area contributed by atoms with Crippen molar-refractivity contribution in [2.45, 2.75) is 32.1 Å². The van der Waals surface area contributed by atoms with E-state index in [4.69, 9.17) is 0 Å². The summed E-state index contributed by atoms with van der Waals surface area (Å²) in [4.78, 5) is 28.3. The van der Waals surface area contributed by atoms with Crippen LogP contribution < -0.4 is 0 Å². The number of benzene rings is 1. The molecule has 1 aromatic rings. The maximum Gasteiger partial charge on any atom is 0.306 e. The van der Waals surface area contributed by atoms with Crippen LogP contribution in [-0.4, -0.2) is 62.0 Å². The van der Waals surface area contributed by atoms with Gasteiger partial charge < -0.3 is 14.5 Å². The first-order valence-electron chi connectivity index (χ1n) is 9.15. The summed E-state index contributed by atoms with van der Waals surface area (Å²) in [7, 11) is 3.50. The third-order valence-corrected chi connectivity index (χ3v) is 4.84. The van der Waals surface area contributed by atoms with Crippen molar-refractivity contribution in [3.8, 4) is 0 Å². The number of carbonyl (C=O) groups is 2. The maximum absolute atomic E-state index is 12.6. The molecule has 1 atom stereocenters. The largest absolute Gasteiger partial charge is 0.469 e. The summed E-state index contributed by atoms with van der Waals surface area (Å²) in [6.45, 7) is 3.64. The van der Waals surface area contributed by atoms with E-state index in [1.807, 2.05) is 23.1 Å². The molecule has 0 bridgehead atoms. The Labute approximate surface area is 150 Å². The molecule has 2 rings (SSSR count). The molecule has 1 aliphatic heterocycles. The normalized spacial score (nSPS) is 17.9. The Morgan fingerprint density at radius 1 is 1.24 bits per heavy atom. The fraction of sp³-hybridized carbons (Fsp3) is 0.600. The van der Waals surface area contributed by atoms with Gasteiger partial charge in [-0.05, 0) is 44.3 Å². The summed E-state index contributed by atoms with van der Waals surface area (Å²) in [6.07, 6.45) is 3.57. The Hall–Kier alpha value is -1.88. The van der Waals surface area contributed by atoms with Crippen LogP contribution in [0.1, 0.15) is 31.2 Å². The van der Waals surface area contributed by atoms with Crippen molar-refractivity contribution in [1.82, 2.24) is 9.80 Å². The molecule has 5 nitrogen and oxygen atoms in total. The Kier molecular flexibility index (Phi) is 7.92. The van der Waals surface area contributed by atoms with Crippen LogP contribution in [0.5, 0.6) is 0 Å². The molecule has 0 aromatic heterocycles. The summed E-state index contributed by atoms with van der Waals surface area (Å²) in [5, 5.41) is 0. The Bertz CT molecular complexity index is 547. The number of methoxy groups -OCH3 is 1. The Morgan fingerprint density at radius 3 is 2.68 bits per heavy atom. The van der Waals surface area contributed by atoms with Gasteiger partial charge >= 0.3 is 5.97 Å². The molecule has 0 spiro atoms. The molecule has 25 heavy (non-hydrogen) atoms. The number of amides is 1. The van der Waals surface area contributed by atoms with Gasteiger partial charge in [0, 0.05) is 26.1 Å². The smallest absolute Gasteiger partial charge is 0.306 e. The molecule has 1 heterocycles. The number of hydrogen-bond acceptors (Lipinski definition) is 4. The summed E-state index contributed by atoms with van der Waals surface area (Å²) in [6, 6.07) is 10.2. The zero-order valence-electron chi connectivity index (χ0n) is 15.4. The summed E-state index contributed by atoms with van der Waals surface area (Å²) in [5.74, 6) is 0.236. The van der Waals surface area contributed by atoms with Crippen molar-refractivity contribution in [2.24, 2.45) is 5.92 Å². The van der Waals surface area contributed by atoms with Crippen LogP contribution in [0.4, 0.5) is 0 Å². The molecular weight excluding hydrogens is 316 g/mol. The first kappa shape index (κ1) is 19.4. The molecule has 0 N–H and O–H groups in total. The van der Waals surface area contributed by atoms with Crippen molar-refractivity contribution in [2.75, 3.05) is 40.3 Å². The summed E-state index contributed by atoms with van der Waals surface area (Å²) >= 11 is 0. The third-order valence-electron chi connectivity index (χ3n) is 4.84. The predicted octanol–water partition coefficient (Wildman–Crippen LogP) is 2.35. The van der Waals surface area contributed by atoms with Crippen LogP contribution >= 0.6 is 0 Å². The van der Waals surface area contributed by atoms with Crippen LogP contribution in [0.25, 0.3) is 0 Å². The zero-order valence-corrected chi connectivity index (χ0v) is 15.4. The minimum Gasteiger partial charge on any atom is -0.469 e. The number of carbonyl (C=O) groups excluding carboxylic acids is 2. The van der Waals surface area contributed by atoms with Gasteiger partial charge in [-0.15, -0.1) is 0 Å². The van der Waals surface area contributed by atoms with Crippen molar-refractivity contribution in [3.63, 3.8) is 0 Å². The molecule has 0 radical (unpaired) electrons. The molecular formula is C20H30N2O3. The average molecular weight is 346 g/mol. The summed E-state index contributed by atoms with van der Waals surface area (Å²) in [5.41, 5.74) is 1.23. The predicted molar refractivity (Wildman–Crippen MR) is 98.2 cm³/mol. The van der Waals surface area contributed by atoms with Gasteiger partial charge in [0.2, 0.25) is 5.91 Å². The van der Waals surface area contributed by atoms with E-state index in [1.54, 1.807) is 0 Å². The van der Waals surface area contributed by atoms with Gasteiger partial charge in [0.1, 0.15) is 0 Å². The SMILES string of the molecule is COC(=O)CCC(=O)N(CCc1ccccc1)C[C@H]1CCCN(C)C1. The number of esters is 1. The number of nitrogens with zero attached hydrogens (tertiary/aromatic N) is 2. The highest BCUT2D eigenvalue weighted by Crippen LogP contribution is 2.17. The highest BCUT2D eigenvalue weighted by Gasteiger charge is 2.23. The standard InChI is InChI=1S/C20H30N2O3/c1-21-13-6-9-18(15-21)16-22(19(23)10-11-20(24)25-2)14-12-17-7-4-3-5-8-17/h3-5,7-8,18H,6,9-16H2,1-2H3/t18-/m0/s1. The van der Waals surface area contributed by atoms with E-state index >= 15 is 0 Å². The monoisotopic (exact) mass is 346 g/mol. The second-order valence-electron chi connectivity index (χ2n) is 6.92. The number of hydrogen-bond donors (Lipinski definition) is 0. The van der Waals surface area contributed by atoms with Crippen molar-refractivity contribution >= 4 is 11.9 Å². The number of ether oxygens (including phenoxy) is 1. The lowest BCUT2D eigenvalue weighted by Crippen LogP contribution is -2.42. The lowest BCUT2D eigenvalue weighted by atomic mass is 9.97. The average Bonchev–Trinajstić information content (AvgIpc) is 2.63. The van der Waals surface area contributed by atoms with Gasteiger partial charge in [0.05, 0.1) is 13.5 Å². The fourth-order valence-corrected chi connectivity index (χ4v) is 3.43. The van der Waals surface area contributed by atoms with E-state index < -0.39 is 0 Å². The molecule has 1 aliphatic rings. The van der Waals surface area contributed by atoms with E-state index in [0.29, 0.717) is 12.5 Å². The lowest BCUT2D eigenvalue weighted by Gasteiger charge is -2.34. The van der Waals surface area contributed by atoms with Crippen LogP contribution in [0.2, 0.25) is 0 Å². The molecule has 0 unspecified atom stereocenters. The second-order valence-corrected chi connectivity index (χ2v) is 6.92. The minimum absolute atomic E-state index is 0.0505. The molecule has 5 heteroatoms. The number of likely N-dealkylation sites (tertiary alicyclic amines) is 1. The van der Waals surface area contributed by atoms with E-state index in [9.17, 15) is 9.59 Å². The Morgan fingerprint density at radius 2 is 2.00 bits per heavy atom. The van der Waals surface area contributed by atoms with Gasteiger partial charge in [-0.25, -0.2) is 0 Å². The van der Waals surface area contributed by atoms with Crippen molar-refractivity contribution in [1.29, 1.82) is 0 Å². The summed E-state index contributed by atoms with van der Waals surface area (Å²) < 4.78 is 4.66. The quantitative estimate of drug-likeness (QED) is 0.678. The molecule has 1 amide bonds. The topological polar surface area (TPSA) is 49.9 Å². The zero-order chi connectivity index (χ0) is 18.1. The van der Waals surface area contributed by atoms with E-state index in [2.05, 4.69) is 28.8 Å². The molecule has 0 aliphatic carbocycles. The van der Waals surface area contributed by atoms with Crippen LogP contribution in [0.3, 0.4) is 0 Å². The Balaban J connectivity index is 1.94. The van der Waals surface area contributed by atoms with Crippen LogP contribution in [0, 0.1) is 5.92 Å². The molecule has 1 saturated heterocycles. The van der Waals surface area contributed by atoms with Gasteiger partial charge in [-0.3, -0.25) is 9.59 Å². The first-order valence-corrected chi connectivity index (χ1v) is 9.15. The molecule has 0 saturated carbocycles. The number of rotatable bonds is 8. The van der Waals surface area contributed by atoms with Gasteiger partial charge in [0.25, 0.3) is 0 Å². The fourth-order valence-electron chi connectivity index (χ4n) is 3.43. The highest BCUT2D eigenvalue weighted by atomic mass is 16.5. The second kappa shape index (κ2) is 10.2. The number of piperidine rings is 1. The highest BCUT2D eigenvalue weighted by molar-refractivity contribution is 5.81. The molecule has 1 fully saturated rings. The van der Waals surface area contributed by atoms with Gasteiger partial charge in [-0.1, -0.05) is 30.3 Å². The van der Waals surface area contributed by atoms with Crippen molar-refractivity contribution in [3.05, 3.63) is 35.9 Å². The molecule has 138 valence electrons.